The summed E-state index contributed by atoms with van der Waals surface area (Å²) in [4.78, 5) is 0. The summed E-state index contributed by atoms with van der Waals surface area (Å²) in [5.41, 5.74) is 0.0546. The third-order valence-electron chi connectivity index (χ3n) is 4.83. The molecule has 2 rings (SSSR count). The number of rotatable bonds is 8. The lowest BCUT2D eigenvalue weighted by molar-refractivity contribution is -0.305. The van der Waals surface area contributed by atoms with Crippen LogP contribution in [0.25, 0.3) is 0 Å². The van der Waals surface area contributed by atoms with E-state index in [2.05, 4.69) is 11.7 Å². The number of hydrogen-bond acceptors (Lipinski definition) is 2. The Morgan fingerprint density at radius 2 is 1.71 bits per heavy atom. The monoisotopic (exact) mass is 416 g/mol. The van der Waals surface area contributed by atoms with E-state index < -0.39 is 30.0 Å². The van der Waals surface area contributed by atoms with Crippen LogP contribution in [0.3, 0.4) is 0 Å². The zero-order valence-corrected chi connectivity index (χ0v) is 15.4. The van der Waals surface area contributed by atoms with Crippen LogP contribution in [-0.2, 0) is 11.3 Å². The summed E-state index contributed by atoms with van der Waals surface area (Å²) in [6.45, 7) is 2.03. The fraction of sp³-hybridized carbons (Fsp3) is 0.684. The molecule has 9 heteroatoms. The predicted molar refractivity (Wildman–Crippen MR) is 88.4 cm³/mol. The number of ether oxygens (including phenoxy) is 2. The van der Waals surface area contributed by atoms with Crippen LogP contribution in [-0.4, -0.2) is 24.6 Å². The lowest BCUT2D eigenvalue weighted by atomic mass is 9.85. The molecule has 1 aliphatic carbocycles. The summed E-state index contributed by atoms with van der Waals surface area (Å²) < 4.78 is 99.1. The van der Waals surface area contributed by atoms with Gasteiger partial charge in [0, 0.05) is 11.6 Å². The standard InChI is InChI=1S/C19H23F7O2/c1-2-3-12-4-7-14(8-5-12)27-11-13-6-9-15(10-16(13)20)28-19(25,26)17(21)18(22,23)24/h6,9-10,12,14,17H,2-5,7-8,11H2,1H3. The molecule has 1 saturated carbocycles. The molecule has 0 radical (unpaired) electrons. The minimum absolute atomic E-state index is 0.0214. The second-order valence-electron chi connectivity index (χ2n) is 7.06. The Balaban J connectivity index is 1.90. The summed E-state index contributed by atoms with van der Waals surface area (Å²) >= 11 is 0. The average Bonchev–Trinajstić information content (AvgIpc) is 2.61. The molecule has 0 heterocycles. The summed E-state index contributed by atoms with van der Waals surface area (Å²) in [5.74, 6) is -1.20. The van der Waals surface area contributed by atoms with Crippen molar-refractivity contribution in [3.8, 4) is 5.75 Å². The van der Waals surface area contributed by atoms with Gasteiger partial charge in [0.2, 0.25) is 0 Å². The fourth-order valence-corrected chi connectivity index (χ4v) is 3.31. The van der Waals surface area contributed by atoms with Gasteiger partial charge >= 0.3 is 12.3 Å². The Bertz CT molecular complexity index is 625. The van der Waals surface area contributed by atoms with E-state index >= 15 is 0 Å². The molecule has 1 aliphatic rings. The maximum atomic E-state index is 14.1. The van der Waals surface area contributed by atoms with E-state index in [0.717, 1.165) is 44.2 Å². The van der Waals surface area contributed by atoms with Crippen molar-refractivity contribution in [2.75, 3.05) is 0 Å². The van der Waals surface area contributed by atoms with Crippen LogP contribution >= 0.6 is 0 Å². The van der Waals surface area contributed by atoms with Gasteiger partial charge in [-0.05, 0) is 37.7 Å². The molecule has 28 heavy (non-hydrogen) atoms. The van der Waals surface area contributed by atoms with E-state index in [1.807, 2.05) is 0 Å². The number of halogens is 7. The molecule has 0 aromatic heterocycles. The van der Waals surface area contributed by atoms with Gasteiger partial charge < -0.3 is 9.47 Å². The highest BCUT2D eigenvalue weighted by Gasteiger charge is 2.59. The maximum Gasteiger partial charge on any atom is 0.439 e. The van der Waals surface area contributed by atoms with Crippen LogP contribution in [0.2, 0.25) is 0 Å². The molecule has 0 saturated heterocycles. The SMILES string of the molecule is CCCC1CCC(OCc2ccc(OC(F)(F)C(F)C(F)(F)F)cc2F)CC1. The van der Waals surface area contributed by atoms with Crippen molar-refractivity contribution in [2.45, 2.75) is 76.6 Å². The quantitative estimate of drug-likeness (QED) is 0.446. The lowest BCUT2D eigenvalue weighted by Crippen LogP contribution is -2.45. The summed E-state index contributed by atoms with van der Waals surface area (Å²) in [6, 6.07) is 2.43. The molecular weight excluding hydrogens is 393 g/mol. The summed E-state index contributed by atoms with van der Waals surface area (Å²) in [6.07, 6.45) is -9.43. The molecular formula is C19H23F7O2. The second-order valence-corrected chi connectivity index (χ2v) is 7.06. The molecule has 0 N–H and O–H groups in total. The highest BCUT2D eigenvalue weighted by Crippen LogP contribution is 2.37. The normalized spacial score (nSPS) is 22.1. The van der Waals surface area contributed by atoms with Crippen molar-refractivity contribution < 1.29 is 40.2 Å². The zero-order chi connectivity index (χ0) is 20.9. The Morgan fingerprint density at radius 1 is 1.07 bits per heavy atom. The van der Waals surface area contributed by atoms with Gasteiger partial charge in [-0.15, -0.1) is 0 Å². The third-order valence-corrected chi connectivity index (χ3v) is 4.83. The molecule has 160 valence electrons. The van der Waals surface area contributed by atoms with E-state index in [4.69, 9.17) is 4.74 Å². The van der Waals surface area contributed by atoms with Crippen LogP contribution in [0.5, 0.6) is 5.75 Å². The maximum absolute atomic E-state index is 14.1. The fourth-order valence-electron chi connectivity index (χ4n) is 3.31. The smallest absolute Gasteiger partial charge is 0.430 e. The van der Waals surface area contributed by atoms with Gasteiger partial charge in [-0.1, -0.05) is 25.8 Å². The Labute approximate surface area is 159 Å². The Kier molecular flexibility index (Phi) is 7.59. The minimum atomic E-state index is -5.80. The molecule has 0 aliphatic heterocycles. The second kappa shape index (κ2) is 9.33. The van der Waals surface area contributed by atoms with Crippen molar-refractivity contribution in [1.82, 2.24) is 0 Å². The third kappa shape index (κ3) is 6.25. The summed E-state index contributed by atoms with van der Waals surface area (Å²) in [7, 11) is 0. The first-order valence-electron chi connectivity index (χ1n) is 9.20. The minimum Gasteiger partial charge on any atom is -0.430 e. The van der Waals surface area contributed by atoms with E-state index in [9.17, 15) is 30.7 Å². The lowest BCUT2D eigenvalue weighted by Gasteiger charge is -2.28. The van der Waals surface area contributed by atoms with Crippen LogP contribution in [0, 0.1) is 11.7 Å². The van der Waals surface area contributed by atoms with Crippen molar-refractivity contribution in [2.24, 2.45) is 5.92 Å². The molecule has 0 bridgehead atoms. The molecule has 0 amide bonds. The molecule has 1 fully saturated rings. The molecule has 1 aromatic carbocycles. The zero-order valence-electron chi connectivity index (χ0n) is 15.4. The molecule has 1 unspecified atom stereocenters. The topological polar surface area (TPSA) is 18.5 Å². The van der Waals surface area contributed by atoms with Crippen LogP contribution < -0.4 is 4.74 Å². The van der Waals surface area contributed by atoms with Gasteiger partial charge in [0.1, 0.15) is 11.6 Å². The first-order chi connectivity index (χ1) is 13.0. The van der Waals surface area contributed by atoms with Gasteiger partial charge in [0.25, 0.3) is 6.17 Å². The van der Waals surface area contributed by atoms with Gasteiger partial charge in [-0.25, -0.2) is 8.78 Å². The van der Waals surface area contributed by atoms with Crippen LogP contribution in [0.15, 0.2) is 18.2 Å². The van der Waals surface area contributed by atoms with Crippen LogP contribution in [0.4, 0.5) is 30.7 Å². The first kappa shape index (κ1) is 22.8. The number of benzene rings is 1. The van der Waals surface area contributed by atoms with Crippen molar-refractivity contribution >= 4 is 0 Å². The number of hydrogen-bond donors (Lipinski definition) is 0. The first-order valence-corrected chi connectivity index (χ1v) is 9.20. The Morgan fingerprint density at radius 3 is 2.25 bits per heavy atom. The van der Waals surface area contributed by atoms with Gasteiger partial charge in [0.05, 0.1) is 12.7 Å². The van der Waals surface area contributed by atoms with E-state index in [-0.39, 0.29) is 18.3 Å². The van der Waals surface area contributed by atoms with Gasteiger partial charge in [-0.2, -0.15) is 22.0 Å². The van der Waals surface area contributed by atoms with E-state index in [1.165, 1.54) is 6.42 Å². The predicted octanol–water partition coefficient (Wildman–Crippen LogP) is 6.57. The summed E-state index contributed by atoms with van der Waals surface area (Å²) in [5, 5.41) is 0. The molecule has 2 nitrogen and oxygen atoms in total. The van der Waals surface area contributed by atoms with Crippen LogP contribution in [0.1, 0.15) is 51.0 Å². The Hall–Kier alpha value is -1.51. The van der Waals surface area contributed by atoms with E-state index in [1.54, 1.807) is 0 Å². The van der Waals surface area contributed by atoms with Crippen molar-refractivity contribution in [3.05, 3.63) is 29.6 Å². The molecule has 0 spiro atoms. The van der Waals surface area contributed by atoms with E-state index in [0.29, 0.717) is 12.0 Å². The van der Waals surface area contributed by atoms with Crippen molar-refractivity contribution in [3.63, 3.8) is 0 Å². The van der Waals surface area contributed by atoms with Crippen molar-refractivity contribution in [1.29, 1.82) is 0 Å². The average molecular weight is 416 g/mol. The molecule has 1 aromatic rings. The van der Waals surface area contributed by atoms with Gasteiger partial charge in [-0.3, -0.25) is 0 Å². The highest BCUT2D eigenvalue weighted by molar-refractivity contribution is 5.29. The molecule has 1 atom stereocenters. The highest BCUT2D eigenvalue weighted by atomic mass is 19.4. The number of alkyl halides is 6. The van der Waals surface area contributed by atoms with Gasteiger partial charge in [0.15, 0.2) is 0 Å². The largest absolute Gasteiger partial charge is 0.439 e.